The Morgan fingerprint density at radius 3 is 2.80 bits per heavy atom. The van der Waals surface area contributed by atoms with Crippen molar-refractivity contribution < 1.29 is 0 Å². The van der Waals surface area contributed by atoms with Crippen molar-refractivity contribution in [3.05, 3.63) is 22.4 Å². The highest BCUT2D eigenvalue weighted by molar-refractivity contribution is 7.10. The Bertz CT molecular complexity index is 196. The minimum Gasteiger partial charge on any atom is -0.387 e. The van der Waals surface area contributed by atoms with Gasteiger partial charge in [0.25, 0.3) is 0 Å². The molecule has 4 heteroatoms. The van der Waals surface area contributed by atoms with Gasteiger partial charge in [-0.3, -0.25) is 5.41 Å². The zero-order valence-electron chi connectivity index (χ0n) is 5.33. The fraction of sp³-hybridized carbons (Fsp3) is 0.167. The zero-order valence-corrected chi connectivity index (χ0v) is 6.97. The van der Waals surface area contributed by atoms with Gasteiger partial charge in [0.1, 0.15) is 0 Å². The number of hydrogen-bond acceptors (Lipinski definition) is 2. The Balaban J connectivity index is 0.000000810. The Labute approximate surface area is 70.0 Å². The third-order valence-electron chi connectivity index (χ3n) is 0.945. The molecule has 0 amide bonds. The molecule has 10 heavy (non-hydrogen) atoms. The van der Waals surface area contributed by atoms with Crippen molar-refractivity contribution in [2.75, 3.05) is 0 Å². The summed E-state index contributed by atoms with van der Waals surface area (Å²) in [5.74, 6) is 0.234. The van der Waals surface area contributed by atoms with Crippen LogP contribution in [0.5, 0.6) is 0 Å². The number of thiophene rings is 1. The summed E-state index contributed by atoms with van der Waals surface area (Å²) in [5.41, 5.74) is 5.17. The number of nitrogens with one attached hydrogen (secondary N) is 1. The van der Waals surface area contributed by atoms with Gasteiger partial charge in [0.2, 0.25) is 0 Å². The average molecular weight is 177 g/mol. The molecule has 0 aliphatic carbocycles. The Morgan fingerprint density at radius 1 is 1.70 bits per heavy atom. The second-order valence-electron chi connectivity index (χ2n) is 1.78. The minimum atomic E-state index is 0. The Kier molecular flexibility index (Phi) is 4.07. The predicted octanol–water partition coefficient (Wildman–Crippen LogP) is 1.65. The normalized spacial score (nSPS) is 8.40. The molecule has 56 valence electrons. The molecule has 1 aromatic heterocycles. The topological polar surface area (TPSA) is 49.9 Å². The van der Waals surface area contributed by atoms with Crippen molar-refractivity contribution >= 4 is 29.6 Å². The number of halogens is 1. The highest BCUT2D eigenvalue weighted by Gasteiger charge is 1.93. The van der Waals surface area contributed by atoms with E-state index >= 15 is 0 Å². The SMILES string of the molecule is Cl.N=C(N)Cc1cccs1. The van der Waals surface area contributed by atoms with Gasteiger partial charge in [0.15, 0.2) is 0 Å². The first kappa shape index (κ1) is 9.46. The summed E-state index contributed by atoms with van der Waals surface area (Å²) < 4.78 is 0. The number of nitrogens with two attached hydrogens (primary N) is 1. The molecule has 0 saturated heterocycles. The first-order valence-corrected chi connectivity index (χ1v) is 3.52. The lowest BCUT2D eigenvalue weighted by molar-refractivity contribution is 1.29. The molecule has 0 fully saturated rings. The lowest BCUT2D eigenvalue weighted by Gasteiger charge is -1.90. The van der Waals surface area contributed by atoms with E-state index in [1.165, 1.54) is 0 Å². The van der Waals surface area contributed by atoms with E-state index < -0.39 is 0 Å². The van der Waals surface area contributed by atoms with E-state index in [9.17, 15) is 0 Å². The molecule has 0 aliphatic heterocycles. The van der Waals surface area contributed by atoms with Crippen LogP contribution in [-0.4, -0.2) is 5.84 Å². The van der Waals surface area contributed by atoms with Gasteiger partial charge in [-0.15, -0.1) is 23.7 Å². The predicted molar refractivity (Wildman–Crippen MR) is 47.2 cm³/mol. The largest absolute Gasteiger partial charge is 0.387 e. The fourth-order valence-corrected chi connectivity index (χ4v) is 1.33. The van der Waals surface area contributed by atoms with Crippen LogP contribution in [-0.2, 0) is 6.42 Å². The van der Waals surface area contributed by atoms with Crippen LogP contribution in [0.3, 0.4) is 0 Å². The minimum absolute atomic E-state index is 0. The Hall–Kier alpha value is -0.540. The van der Waals surface area contributed by atoms with Gasteiger partial charge in [-0.05, 0) is 11.4 Å². The molecular weight excluding hydrogens is 168 g/mol. The van der Waals surface area contributed by atoms with Gasteiger partial charge < -0.3 is 5.73 Å². The standard InChI is InChI=1S/C6H8N2S.ClH/c7-6(8)4-5-2-1-3-9-5;/h1-3H,4H2,(H3,7,8);1H. The van der Waals surface area contributed by atoms with Gasteiger partial charge in [-0.1, -0.05) is 6.07 Å². The zero-order chi connectivity index (χ0) is 6.69. The van der Waals surface area contributed by atoms with Crippen LogP contribution >= 0.6 is 23.7 Å². The summed E-state index contributed by atoms with van der Waals surface area (Å²) in [6.45, 7) is 0. The van der Waals surface area contributed by atoms with E-state index in [-0.39, 0.29) is 18.2 Å². The van der Waals surface area contributed by atoms with E-state index in [1.807, 2.05) is 17.5 Å². The van der Waals surface area contributed by atoms with Crippen molar-refractivity contribution in [2.24, 2.45) is 5.73 Å². The van der Waals surface area contributed by atoms with Crippen molar-refractivity contribution in [3.8, 4) is 0 Å². The highest BCUT2D eigenvalue weighted by Crippen LogP contribution is 2.07. The monoisotopic (exact) mass is 176 g/mol. The van der Waals surface area contributed by atoms with Gasteiger partial charge in [0.05, 0.1) is 5.84 Å². The van der Waals surface area contributed by atoms with Crippen molar-refractivity contribution in [1.29, 1.82) is 5.41 Å². The highest BCUT2D eigenvalue weighted by atomic mass is 35.5. The molecule has 0 aromatic carbocycles. The second kappa shape index (κ2) is 4.30. The molecule has 0 radical (unpaired) electrons. The summed E-state index contributed by atoms with van der Waals surface area (Å²) in [7, 11) is 0. The molecule has 0 spiro atoms. The van der Waals surface area contributed by atoms with Gasteiger partial charge in [-0.2, -0.15) is 0 Å². The first-order chi connectivity index (χ1) is 4.29. The molecule has 1 heterocycles. The van der Waals surface area contributed by atoms with Gasteiger partial charge in [0, 0.05) is 11.3 Å². The van der Waals surface area contributed by atoms with Gasteiger partial charge in [-0.25, -0.2) is 0 Å². The Morgan fingerprint density at radius 2 is 2.40 bits per heavy atom. The number of amidine groups is 1. The van der Waals surface area contributed by atoms with E-state index in [1.54, 1.807) is 11.3 Å². The van der Waals surface area contributed by atoms with Crippen LogP contribution in [0.2, 0.25) is 0 Å². The molecule has 0 bridgehead atoms. The third-order valence-corrected chi connectivity index (χ3v) is 1.82. The smallest absolute Gasteiger partial charge is 0.0958 e. The third kappa shape index (κ3) is 2.85. The van der Waals surface area contributed by atoms with Gasteiger partial charge >= 0.3 is 0 Å². The summed E-state index contributed by atoms with van der Waals surface area (Å²) in [4.78, 5) is 1.16. The van der Waals surface area contributed by atoms with E-state index in [2.05, 4.69) is 0 Å². The fourth-order valence-electron chi connectivity index (χ4n) is 0.601. The lowest BCUT2D eigenvalue weighted by atomic mass is 10.3. The molecule has 2 nitrogen and oxygen atoms in total. The van der Waals surface area contributed by atoms with Crippen molar-refractivity contribution in [2.45, 2.75) is 6.42 Å². The summed E-state index contributed by atoms with van der Waals surface area (Å²) in [6.07, 6.45) is 0.595. The molecule has 3 N–H and O–H groups in total. The van der Waals surface area contributed by atoms with Crippen LogP contribution in [0.25, 0.3) is 0 Å². The molecule has 0 aliphatic rings. The van der Waals surface area contributed by atoms with E-state index in [0.717, 1.165) is 4.88 Å². The van der Waals surface area contributed by atoms with Crippen LogP contribution in [0.15, 0.2) is 17.5 Å². The van der Waals surface area contributed by atoms with Crippen LogP contribution in [0.4, 0.5) is 0 Å². The maximum atomic E-state index is 6.96. The summed E-state index contributed by atoms with van der Waals surface area (Å²) >= 11 is 1.63. The number of rotatable bonds is 2. The van der Waals surface area contributed by atoms with Crippen LogP contribution in [0, 0.1) is 5.41 Å². The molecule has 1 aromatic rings. The maximum absolute atomic E-state index is 6.96. The maximum Gasteiger partial charge on any atom is 0.0958 e. The van der Waals surface area contributed by atoms with E-state index in [4.69, 9.17) is 11.1 Å². The van der Waals surface area contributed by atoms with E-state index in [0.29, 0.717) is 6.42 Å². The lowest BCUT2D eigenvalue weighted by Crippen LogP contribution is -2.11. The number of hydrogen-bond donors (Lipinski definition) is 2. The van der Waals surface area contributed by atoms with Crippen LogP contribution in [0.1, 0.15) is 4.88 Å². The van der Waals surface area contributed by atoms with Crippen molar-refractivity contribution in [1.82, 2.24) is 0 Å². The average Bonchev–Trinajstić information content (AvgIpc) is 2.15. The second-order valence-corrected chi connectivity index (χ2v) is 2.81. The summed E-state index contributed by atoms with van der Waals surface area (Å²) in [5, 5.41) is 8.94. The van der Waals surface area contributed by atoms with Crippen molar-refractivity contribution in [3.63, 3.8) is 0 Å². The molecule has 0 atom stereocenters. The quantitative estimate of drug-likeness (QED) is 0.523. The molecular formula is C6H9ClN2S. The molecule has 0 saturated carbocycles. The summed E-state index contributed by atoms with van der Waals surface area (Å²) in [6, 6.07) is 3.94. The van der Waals surface area contributed by atoms with Crippen LogP contribution < -0.4 is 5.73 Å². The molecule has 0 unspecified atom stereocenters. The first-order valence-electron chi connectivity index (χ1n) is 2.64. The molecule has 1 rings (SSSR count).